The van der Waals surface area contributed by atoms with Crippen LogP contribution in [0.2, 0.25) is 0 Å². The van der Waals surface area contributed by atoms with Crippen molar-refractivity contribution in [3.05, 3.63) is 59.1 Å². The molecule has 3 aromatic rings. The number of nitrogens with zero attached hydrogens (tertiary/aromatic N) is 2. The van der Waals surface area contributed by atoms with Gasteiger partial charge in [-0.2, -0.15) is 13.2 Å². The third-order valence-corrected chi connectivity index (χ3v) is 3.95. The second-order valence-corrected chi connectivity index (χ2v) is 5.89. The summed E-state index contributed by atoms with van der Waals surface area (Å²) in [7, 11) is 0. The number of benzene rings is 1. The first-order valence-electron chi connectivity index (χ1n) is 7.07. The quantitative estimate of drug-likeness (QED) is 0.528. The lowest BCUT2D eigenvalue weighted by Gasteiger charge is -1.98. The van der Waals surface area contributed by atoms with Gasteiger partial charge >= 0.3 is 6.18 Å². The number of hydrogen-bond donors (Lipinski definition) is 1. The zero-order chi connectivity index (χ0) is 18.7. The Kier molecular flexibility index (Phi) is 4.85. The van der Waals surface area contributed by atoms with E-state index >= 15 is 0 Å². The topological polar surface area (TPSA) is 68.0 Å². The van der Waals surface area contributed by atoms with Crippen molar-refractivity contribution in [1.82, 2.24) is 10.2 Å². The number of hydrogen-bond acceptors (Lipinski definition) is 5. The highest BCUT2D eigenvalue weighted by Crippen LogP contribution is 2.33. The van der Waals surface area contributed by atoms with Gasteiger partial charge in [-0.05, 0) is 30.3 Å². The predicted octanol–water partition coefficient (Wildman–Crippen LogP) is 4.61. The van der Waals surface area contributed by atoms with E-state index < -0.39 is 22.9 Å². The van der Waals surface area contributed by atoms with Crippen molar-refractivity contribution >= 4 is 28.5 Å². The molecule has 0 fully saturated rings. The Bertz CT molecular complexity index is 962. The number of carbonyl (C=O) groups is 1. The lowest BCUT2D eigenvalue weighted by Crippen LogP contribution is -2.07. The summed E-state index contributed by atoms with van der Waals surface area (Å²) in [6, 6.07) is 9.10. The third kappa shape index (κ3) is 4.14. The van der Waals surface area contributed by atoms with Gasteiger partial charge in [-0.3, -0.25) is 10.1 Å². The highest BCUT2D eigenvalue weighted by Gasteiger charge is 2.35. The number of halogens is 4. The van der Waals surface area contributed by atoms with Crippen LogP contribution in [0.4, 0.5) is 22.7 Å². The second kappa shape index (κ2) is 7.08. The van der Waals surface area contributed by atoms with Crippen molar-refractivity contribution in [3.8, 4) is 11.3 Å². The summed E-state index contributed by atoms with van der Waals surface area (Å²) in [4.78, 5) is 11.7. The molecule has 3 rings (SSSR count). The highest BCUT2D eigenvalue weighted by molar-refractivity contribution is 7.15. The van der Waals surface area contributed by atoms with E-state index in [2.05, 4.69) is 15.5 Å². The first kappa shape index (κ1) is 17.8. The van der Waals surface area contributed by atoms with Gasteiger partial charge in [0.1, 0.15) is 17.3 Å². The number of furan rings is 1. The molecule has 10 heteroatoms. The maximum atomic E-state index is 13.7. The highest BCUT2D eigenvalue weighted by atomic mass is 32.1. The first-order valence-corrected chi connectivity index (χ1v) is 7.89. The Morgan fingerprint density at radius 1 is 1.15 bits per heavy atom. The maximum absolute atomic E-state index is 13.7. The molecule has 0 spiro atoms. The molecule has 0 atom stereocenters. The maximum Gasteiger partial charge on any atom is 0.445 e. The minimum absolute atomic E-state index is 0.215. The predicted molar refractivity (Wildman–Crippen MR) is 86.7 cm³/mol. The van der Waals surface area contributed by atoms with Gasteiger partial charge in [-0.1, -0.05) is 23.5 Å². The van der Waals surface area contributed by atoms with Crippen molar-refractivity contribution < 1.29 is 26.8 Å². The molecule has 26 heavy (non-hydrogen) atoms. The van der Waals surface area contributed by atoms with E-state index in [9.17, 15) is 22.4 Å². The molecular weight excluding hydrogens is 374 g/mol. The number of nitrogens with one attached hydrogen (secondary N) is 1. The van der Waals surface area contributed by atoms with Gasteiger partial charge in [-0.15, -0.1) is 10.2 Å². The smallest absolute Gasteiger partial charge is 0.445 e. The summed E-state index contributed by atoms with van der Waals surface area (Å²) in [5.74, 6) is -0.612. The molecule has 2 heterocycles. The van der Waals surface area contributed by atoms with Crippen molar-refractivity contribution in [3.63, 3.8) is 0 Å². The summed E-state index contributed by atoms with van der Waals surface area (Å²) in [6.07, 6.45) is -2.27. The van der Waals surface area contributed by atoms with Crippen LogP contribution in [0, 0.1) is 5.82 Å². The minimum atomic E-state index is -4.62. The molecule has 0 saturated carbocycles. The van der Waals surface area contributed by atoms with Crippen LogP contribution in [0.3, 0.4) is 0 Å². The second-order valence-electron chi connectivity index (χ2n) is 4.91. The molecule has 1 amide bonds. The number of rotatable bonds is 4. The SMILES string of the molecule is O=C(C=Cc1ccc(-c2ccccc2F)o1)Nc1nnc(C(F)(F)F)s1. The van der Waals surface area contributed by atoms with Crippen molar-refractivity contribution in [1.29, 1.82) is 0 Å². The van der Waals surface area contributed by atoms with Crippen LogP contribution in [0.15, 0.2) is 46.9 Å². The molecule has 0 saturated heterocycles. The lowest BCUT2D eigenvalue weighted by molar-refractivity contribution is -0.138. The lowest BCUT2D eigenvalue weighted by atomic mass is 10.1. The van der Waals surface area contributed by atoms with Crippen LogP contribution in [0.25, 0.3) is 17.4 Å². The van der Waals surface area contributed by atoms with Gasteiger partial charge in [0.2, 0.25) is 16.0 Å². The van der Waals surface area contributed by atoms with E-state index in [1.165, 1.54) is 24.3 Å². The minimum Gasteiger partial charge on any atom is -0.457 e. The summed E-state index contributed by atoms with van der Waals surface area (Å²) in [5.41, 5.74) is 0.269. The molecule has 0 aliphatic rings. The standard InChI is InChI=1S/C16H9F4N3O2S/c17-11-4-2-1-3-10(11)12-7-5-9(25-12)6-8-13(24)21-15-23-22-14(26-15)16(18,19)20/h1-8H,(H,21,23,24). The Hall–Kier alpha value is -3.01. The van der Waals surface area contributed by atoms with Crippen LogP contribution in [0.1, 0.15) is 10.8 Å². The normalized spacial score (nSPS) is 11.8. The van der Waals surface area contributed by atoms with E-state index in [4.69, 9.17) is 4.42 Å². The Balaban J connectivity index is 1.66. The largest absolute Gasteiger partial charge is 0.457 e. The Morgan fingerprint density at radius 2 is 1.92 bits per heavy atom. The van der Waals surface area contributed by atoms with Gasteiger partial charge in [0, 0.05) is 6.08 Å². The number of alkyl halides is 3. The Morgan fingerprint density at radius 3 is 2.62 bits per heavy atom. The van der Waals surface area contributed by atoms with Crippen LogP contribution >= 0.6 is 11.3 Å². The fourth-order valence-corrected chi connectivity index (χ4v) is 2.56. The molecule has 1 N–H and O–H groups in total. The molecule has 1 aromatic carbocycles. The molecule has 0 aliphatic heterocycles. The summed E-state index contributed by atoms with van der Waals surface area (Å²) >= 11 is 0.215. The Labute approximate surface area is 148 Å². The van der Waals surface area contributed by atoms with Crippen LogP contribution in [-0.2, 0) is 11.0 Å². The summed E-state index contributed by atoms with van der Waals surface area (Å²) in [6.45, 7) is 0. The molecular formula is C16H9F4N3O2S. The fourth-order valence-electron chi connectivity index (χ4n) is 1.94. The van der Waals surface area contributed by atoms with Gasteiger partial charge in [0.15, 0.2) is 0 Å². The van der Waals surface area contributed by atoms with E-state index in [-0.39, 0.29) is 33.6 Å². The number of amides is 1. The van der Waals surface area contributed by atoms with Gasteiger partial charge < -0.3 is 4.42 Å². The van der Waals surface area contributed by atoms with E-state index in [1.54, 1.807) is 18.2 Å². The number of carbonyl (C=O) groups excluding carboxylic acids is 1. The molecule has 0 bridgehead atoms. The first-order chi connectivity index (χ1) is 12.3. The third-order valence-electron chi connectivity index (χ3n) is 3.06. The van der Waals surface area contributed by atoms with Crippen LogP contribution in [0.5, 0.6) is 0 Å². The molecule has 0 aliphatic carbocycles. The molecule has 134 valence electrons. The van der Waals surface area contributed by atoms with Gasteiger partial charge in [-0.25, -0.2) is 4.39 Å². The summed E-state index contributed by atoms with van der Waals surface area (Å²) in [5, 5.41) is 6.94. The van der Waals surface area contributed by atoms with E-state index in [0.717, 1.165) is 6.08 Å². The van der Waals surface area contributed by atoms with Crippen molar-refractivity contribution in [2.75, 3.05) is 5.32 Å². The van der Waals surface area contributed by atoms with Gasteiger partial charge in [0.25, 0.3) is 0 Å². The van der Waals surface area contributed by atoms with E-state index in [0.29, 0.717) is 0 Å². The van der Waals surface area contributed by atoms with Crippen molar-refractivity contribution in [2.45, 2.75) is 6.18 Å². The number of anilines is 1. The number of aromatic nitrogens is 2. The van der Waals surface area contributed by atoms with Gasteiger partial charge in [0.05, 0.1) is 5.56 Å². The average molecular weight is 383 g/mol. The van der Waals surface area contributed by atoms with Crippen LogP contribution in [-0.4, -0.2) is 16.1 Å². The van der Waals surface area contributed by atoms with Crippen LogP contribution < -0.4 is 5.32 Å². The summed E-state index contributed by atoms with van der Waals surface area (Å²) < 4.78 is 56.4. The molecule has 0 radical (unpaired) electrons. The van der Waals surface area contributed by atoms with E-state index in [1.807, 2.05) is 0 Å². The zero-order valence-electron chi connectivity index (χ0n) is 12.7. The fraction of sp³-hybridized carbons (Fsp3) is 0.0625. The molecule has 5 nitrogen and oxygen atoms in total. The molecule has 0 unspecified atom stereocenters. The molecule has 2 aromatic heterocycles. The average Bonchev–Trinajstić information content (AvgIpc) is 3.22. The van der Waals surface area contributed by atoms with Crippen molar-refractivity contribution in [2.24, 2.45) is 0 Å². The zero-order valence-corrected chi connectivity index (χ0v) is 13.6. The monoisotopic (exact) mass is 383 g/mol.